The Morgan fingerprint density at radius 1 is 1.21 bits per heavy atom. The van der Waals surface area contributed by atoms with Crippen molar-refractivity contribution in [2.45, 2.75) is 45.4 Å². The molecule has 5 heteroatoms. The number of amides is 1. The molecule has 0 saturated carbocycles. The summed E-state index contributed by atoms with van der Waals surface area (Å²) in [6, 6.07) is 4.15. The number of aromatic nitrogens is 2. The Labute approximate surface area is 168 Å². The summed E-state index contributed by atoms with van der Waals surface area (Å²) in [5, 5.41) is 1.19. The molecule has 150 valence electrons. The molecular weight excluding hydrogens is 348 g/mol. The Hall–Kier alpha value is -2.01. The minimum atomic E-state index is 0.338. The van der Waals surface area contributed by atoms with Gasteiger partial charge in [0.1, 0.15) is 0 Å². The average molecular weight is 381 g/mol. The number of likely N-dealkylation sites (tertiary alicyclic amines) is 2. The zero-order valence-corrected chi connectivity index (χ0v) is 17.4. The van der Waals surface area contributed by atoms with Gasteiger partial charge in [-0.05, 0) is 69.8 Å². The minimum absolute atomic E-state index is 0.338. The van der Waals surface area contributed by atoms with Crippen LogP contribution in [0.15, 0.2) is 24.5 Å². The summed E-state index contributed by atoms with van der Waals surface area (Å²) in [5.41, 5.74) is 3.21. The highest BCUT2D eigenvalue weighted by Gasteiger charge is 2.31. The van der Waals surface area contributed by atoms with E-state index in [4.69, 9.17) is 0 Å². The van der Waals surface area contributed by atoms with E-state index >= 15 is 0 Å². The van der Waals surface area contributed by atoms with Gasteiger partial charge in [-0.1, -0.05) is 13.0 Å². The summed E-state index contributed by atoms with van der Waals surface area (Å²) in [7, 11) is 2.17. The number of hydrogen-bond acceptors (Lipinski definition) is 4. The maximum atomic E-state index is 13.1. The molecule has 0 radical (unpaired) electrons. The molecule has 2 fully saturated rings. The van der Waals surface area contributed by atoms with Crippen LogP contribution in [0, 0.1) is 18.8 Å². The number of carbonyl (C=O) groups excluding carboxylic acids is 1. The Morgan fingerprint density at radius 3 is 2.79 bits per heavy atom. The number of aryl methyl sites for hydroxylation is 1. The Morgan fingerprint density at radius 2 is 2.00 bits per heavy atom. The van der Waals surface area contributed by atoms with Gasteiger partial charge in [0.25, 0.3) is 0 Å². The van der Waals surface area contributed by atoms with Gasteiger partial charge in [-0.3, -0.25) is 14.8 Å². The number of pyridine rings is 2. The standard InChI is InChI=1S/C23H32N4O/c1-16-11-19(21-13-25-17(2)23-20(21)5-4-8-24-23)15-27(14-16)22(28)12-18-6-9-26(3)10-7-18/h4-5,8,13,16,18-19H,6-7,9-12,14-15H2,1-3H3/t16-,19+/m1/s1. The van der Waals surface area contributed by atoms with Crippen molar-refractivity contribution in [3.8, 4) is 0 Å². The lowest BCUT2D eigenvalue weighted by molar-refractivity contribution is -0.134. The first kappa shape index (κ1) is 19.3. The van der Waals surface area contributed by atoms with Gasteiger partial charge < -0.3 is 9.80 Å². The molecule has 0 spiro atoms. The molecule has 2 saturated heterocycles. The van der Waals surface area contributed by atoms with Crippen LogP contribution in [-0.2, 0) is 4.79 Å². The lowest BCUT2D eigenvalue weighted by Gasteiger charge is -2.38. The fourth-order valence-electron chi connectivity index (χ4n) is 4.97. The largest absolute Gasteiger partial charge is 0.342 e. The smallest absolute Gasteiger partial charge is 0.222 e. The van der Waals surface area contributed by atoms with E-state index in [0.29, 0.717) is 30.1 Å². The zero-order chi connectivity index (χ0) is 19.7. The van der Waals surface area contributed by atoms with Crippen molar-refractivity contribution < 1.29 is 4.79 Å². The fourth-order valence-corrected chi connectivity index (χ4v) is 4.97. The van der Waals surface area contributed by atoms with Crippen LogP contribution in [0.2, 0.25) is 0 Å². The van der Waals surface area contributed by atoms with Crippen molar-refractivity contribution in [3.05, 3.63) is 35.8 Å². The van der Waals surface area contributed by atoms with Gasteiger partial charge in [-0.15, -0.1) is 0 Å². The number of piperidine rings is 2. The van der Waals surface area contributed by atoms with Crippen LogP contribution in [-0.4, -0.2) is 58.9 Å². The molecule has 2 aromatic heterocycles. The molecule has 2 aromatic rings. The van der Waals surface area contributed by atoms with E-state index in [1.165, 1.54) is 10.9 Å². The second-order valence-electron chi connectivity index (χ2n) is 8.99. The molecule has 0 unspecified atom stereocenters. The third-order valence-electron chi connectivity index (χ3n) is 6.61. The molecule has 0 aliphatic carbocycles. The van der Waals surface area contributed by atoms with Gasteiger partial charge >= 0.3 is 0 Å². The first-order valence-electron chi connectivity index (χ1n) is 10.7. The molecule has 4 rings (SSSR count). The second-order valence-corrected chi connectivity index (χ2v) is 8.99. The highest BCUT2D eigenvalue weighted by Crippen LogP contribution is 2.34. The van der Waals surface area contributed by atoms with Crippen LogP contribution in [0.3, 0.4) is 0 Å². The third kappa shape index (κ3) is 4.04. The molecule has 0 bridgehead atoms. The maximum absolute atomic E-state index is 13.1. The Bertz CT molecular complexity index is 844. The van der Waals surface area contributed by atoms with Crippen molar-refractivity contribution in [1.29, 1.82) is 0 Å². The normalized spacial score (nSPS) is 24.6. The lowest BCUT2D eigenvalue weighted by Crippen LogP contribution is -2.43. The predicted octanol–water partition coefficient (Wildman–Crippen LogP) is 3.62. The minimum Gasteiger partial charge on any atom is -0.342 e. The van der Waals surface area contributed by atoms with Gasteiger partial charge in [-0.25, -0.2) is 0 Å². The molecule has 5 nitrogen and oxygen atoms in total. The van der Waals surface area contributed by atoms with Crippen molar-refractivity contribution in [2.75, 3.05) is 33.2 Å². The summed E-state index contributed by atoms with van der Waals surface area (Å²) in [4.78, 5) is 26.7. The number of carbonyl (C=O) groups is 1. The van der Waals surface area contributed by atoms with Crippen LogP contribution < -0.4 is 0 Å². The van der Waals surface area contributed by atoms with Crippen molar-refractivity contribution in [2.24, 2.45) is 11.8 Å². The summed E-state index contributed by atoms with van der Waals surface area (Å²) >= 11 is 0. The quantitative estimate of drug-likeness (QED) is 0.816. The summed E-state index contributed by atoms with van der Waals surface area (Å²) < 4.78 is 0. The second kappa shape index (κ2) is 8.16. The number of fused-ring (bicyclic) bond motifs is 1. The van der Waals surface area contributed by atoms with Crippen LogP contribution >= 0.6 is 0 Å². The van der Waals surface area contributed by atoms with Gasteiger partial charge in [0.05, 0.1) is 11.2 Å². The van der Waals surface area contributed by atoms with Gasteiger partial charge in [-0.2, -0.15) is 0 Å². The van der Waals surface area contributed by atoms with E-state index < -0.39 is 0 Å². The Kier molecular flexibility index (Phi) is 5.63. The highest BCUT2D eigenvalue weighted by atomic mass is 16.2. The average Bonchev–Trinajstić information content (AvgIpc) is 2.70. The third-order valence-corrected chi connectivity index (χ3v) is 6.61. The van der Waals surface area contributed by atoms with E-state index in [1.807, 2.05) is 25.4 Å². The van der Waals surface area contributed by atoms with Crippen LogP contribution in [0.25, 0.3) is 10.9 Å². The van der Waals surface area contributed by atoms with Crippen LogP contribution in [0.5, 0.6) is 0 Å². The van der Waals surface area contributed by atoms with Gasteiger partial charge in [0, 0.05) is 43.2 Å². The zero-order valence-electron chi connectivity index (χ0n) is 17.4. The fraction of sp³-hybridized carbons (Fsp3) is 0.609. The summed E-state index contributed by atoms with van der Waals surface area (Å²) in [5.74, 6) is 1.73. The molecule has 2 atom stereocenters. The van der Waals surface area contributed by atoms with E-state index in [2.05, 4.69) is 39.8 Å². The van der Waals surface area contributed by atoms with E-state index in [-0.39, 0.29) is 0 Å². The molecule has 2 aliphatic rings. The number of rotatable bonds is 3. The molecule has 4 heterocycles. The predicted molar refractivity (Wildman–Crippen MR) is 112 cm³/mol. The van der Waals surface area contributed by atoms with Gasteiger partial charge in [0.2, 0.25) is 5.91 Å². The number of nitrogens with zero attached hydrogens (tertiary/aromatic N) is 4. The number of hydrogen-bond donors (Lipinski definition) is 0. The SMILES string of the molecule is Cc1ncc([C@H]2C[C@@H](C)CN(C(=O)CC3CCN(C)CC3)C2)c2cccnc12. The molecule has 2 aliphatic heterocycles. The van der Waals surface area contributed by atoms with Crippen LogP contribution in [0.4, 0.5) is 0 Å². The van der Waals surface area contributed by atoms with Crippen molar-refractivity contribution >= 4 is 16.8 Å². The topological polar surface area (TPSA) is 49.3 Å². The molecule has 28 heavy (non-hydrogen) atoms. The van der Waals surface area contributed by atoms with Crippen molar-refractivity contribution in [3.63, 3.8) is 0 Å². The maximum Gasteiger partial charge on any atom is 0.222 e. The first-order chi connectivity index (χ1) is 13.5. The van der Waals surface area contributed by atoms with E-state index in [1.54, 1.807) is 0 Å². The summed E-state index contributed by atoms with van der Waals surface area (Å²) in [6.45, 7) is 8.21. The monoisotopic (exact) mass is 380 g/mol. The van der Waals surface area contributed by atoms with Crippen molar-refractivity contribution in [1.82, 2.24) is 19.8 Å². The highest BCUT2D eigenvalue weighted by molar-refractivity contribution is 5.84. The Balaban J connectivity index is 1.51. The summed E-state index contributed by atoms with van der Waals surface area (Å²) in [6.07, 6.45) is 7.96. The molecular formula is C23H32N4O. The lowest BCUT2D eigenvalue weighted by atomic mass is 9.84. The molecule has 0 aromatic carbocycles. The molecule has 1 amide bonds. The van der Waals surface area contributed by atoms with E-state index in [0.717, 1.165) is 56.7 Å². The van der Waals surface area contributed by atoms with Crippen LogP contribution in [0.1, 0.15) is 49.8 Å². The van der Waals surface area contributed by atoms with E-state index in [9.17, 15) is 4.79 Å². The first-order valence-corrected chi connectivity index (χ1v) is 10.7. The van der Waals surface area contributed by atoms with Gasteiger partial charge in [0.15, 0.2) is 0 Å². The molecule has 0 N–H and O–H groups in total.